The minimum atomic E-state index is -1.86. The Labute approximate surface area is 193 Å². The van der Waals surface area contributed by atoms with Gasteiger partial charge in [0.05, 0.1) is 12.3 Å². The maximum absolute atomic E-state index is 13.1. The minimum absolute atomic E-state index is 0.0473. The van der Waals surface area contributed by atoms with E-state index in [2.05, 4.69) is 20.9 Å². The van der Waals surface area contributed by atoms with Crippen molar-refractivity contribution in [2.24, 2.45) is 0 Å². The van der Waals surface area contributed by atoms with Crippen LogP contribution >= 0.6 is 0 Å². The summed E-state index contributed by atoms with van der Waals surface area (Å²) in [7, 11) is 0. The summed E-state index contributed by atoms with van der Waals surface area (Å²) in [6, 6.07) is 8.79. The van der Waals surface area contributed by atoms with E-state index in [-0.39, 0.29) is 30.5 Å². The smallest absolute Gasteiger partial charge is 0.411 e. The maximum atomic E-state index is 13.1. The van der Waals surface area contributed by atoms with Gasteiger partial charge in [0.2, 0.25) is 0 Å². The van der Waals surface area contributed by atoms with Gasteiger partial charge in [-0.2, -0.15) is 0 Å². The van der Waals surface area contributed by atoms with Gasteiger partial charge in [0, 0.05) is 6.54 Å². The zero-order chi connectivity index (χ0) is 24.8. The molecule has 13 heteroatoms. The Morgan fingerprint density at radius 3 is 2.44 bits per heavy atom. The van der Waals surface area contributed by atoms with Gasteiger partial charge in [-0.15, -0.1) is 0 Å². The highest BCUT2D eigenvalue weighted by Crippen LogP contribution is 2.28. The Morgan fingerprint density at radius 1 is 1.09 bits per heavy atom. The molecule has 5 atom stereocenters. The molecule has 2 aromatic rings. The van der Waals surface area contributed by atoms with Gasteiger partial charge in [0.25, 0.3) is 0 Å². The predicted molar refractivity (Wildman–Crippen MR) is 117 cm³/mol. The van der Waals surface area contributed by atoms with Crippen molar-refractivity contribution in [3.05, 3.63) is 47.8 Å². The van der Waals surface area contributed by atoms with Crippen LogP contribution in [0.15, 0.2) is 36.4 Å². The largest absolute Gasteiger partial charge is 0.479 e. The van der Waals surface area contributed by atoms with Crippen molar-refractivity contribution in [2.45, 2.75) is 44.1 Å². The van der Waals surface area contributed by atoms with E-state index in [1.165, 1.54) is 24.3 Å². The van der Waals surface area contributed by atoms with E-state index in [1.807, 2.05) is 0 Å². The van der Waals surface area contributed by atoms with Crippen molar-refractivity contribution in [3.63, 3.8) is 0 Å². The van der Waals surface area contributed by atoms with E-state index in [9.17, 15) is 34.4 Å². The number of aliphatic hydroxyl groups is 3. The zero-order valence-corrected chi connectivity index (χ0v) is 18.0. The Hall–Kier alpha value is -3.52. The minimum Gasteiger partial charge on any atom is -0.479 e. The van der Waals surface area contributed by atoms with Crippen LogP contribution in [-0.2, 0) is 20.8 Å². The first-order chi connectivity index (χ1) is 16.2. The van der Waals surface area contributed by atoms with Crippen molar-refractivity contribution < 1.29 is 43.9 Å². The molecule has 1 aromatic carbocycles. The molecule has 1 aromatic heterocycles. The SMILES string of the molecule is CCOC(=O)Nc1ccc(NCc2ccc(F)cc2)nc1N[C@@H]1O[C@H](C(=O)O)[C@@H](O)[C@H](O)[C@H]1O. The zero-order valence-electron chi connectivity index (χ0n) is 18.0. The maximum Gasteiger partial charge on any atom is 0.411 e. The molecule has 1 amide bonds. The normalized spacial score (nSPS) is 24.2. The number of pyridine rings is 1. The van der Waals surface area contributed by atoms with Crippen LogP contribution in [0, 0.1) is 5.82 Å². The number of amides is 1. The molecule has 1 aliphatic heterocycles. The summed E-state index contributed by atoms with van der Waals surface area (Å²) in [6.07, 6.45) is -9.52. The highest BCUT2D eigenvalue weighted by atomic mass is 19.1. The quantitative estimate of drug-likeness (QED) is 0.282. The number of hydrogen-bond donors (Lipinski definition) is 7. The molecule has 0 spiro atoms. The van der Waals surface area contributed by atoms with Gasteiger partial charge >= 0.3 is 12.1 Å². The summed E-state index contributed by atoms with van der Waals surface area (Å²) in [4.78, 5) is 27.6. The molecule has 12 nitrogen and oxygen atoms in total. The molecule has 1 saturated heterocycles. The van der Waals surface area contributed by atoms with Crippen molar-refractivity contribution >= 4 is 29.4 Å². The number of halogens is 1. The molecule has 0 bridgehead atoms. The third-order valence-electron chi connectivity index (χ3n) is 4.93. The molecule has 1 fully saturated rings. The highest BCUT2D eigenvalue weighted by molar-refractivity contribution is 5.89. The Morgan fingerprint density at radius 2 is 1.79 bits per heavy atom. The van der Waals surface area contributed by atoms with Crippen LogP contribution in [0.5, 0.6) is 0 Å². The number of aliphatic hydroxyl groups excluding tert-OH is 3. The number of benzene rings is 1. The number of nitrogens with zero attached hydrogens (tertiary/aromatic N) is 1. The van der Waals surface area contributed by atoms with E-state index in [0.29, 0.717) is 5.82 Å². The number of carbonyl (C=O) groups excluding carboxylic acids is 1. The number of ether oxygens (including phenoxy) is 2. The number of carboxylic acids is 1. The summed E-state index contributed by atoms with van der Waals surface area (Å²) in [5.74, 6) is -1.66. The summed E-state index contributed by atoms with van der Waals surface area (Å²) in [5, 5.41) is 47.6. The number of nitrogens with one attached hydrogen (secondary N) is 3. The first-order valence-corrected chi connectivity index (χ1v) is 10.3. The van der Waals surface area contributed by atoms with Gasteiger partial charge in [-0.25, -0.2) is 19.0 Å². The topological polar surface area (TPSA) is 182 Å². The summed E-state index contributed by atoms with van der Waals surface area (Å²) in [5.41, 5.74) is 0.868. The Balaban J connectivity index is 1.83. The number of aromatic nitrogens is 1. The molecule has 0 saturated carbocycles. The third-order valence-corrected chi connectivity index (χ3v) is 4.93. The lowest BCUT2D eigenvalue weighted by atomic mass is 9.98. The summed E-state index contributed by atoms with van der Waals surface area (Å²) >= 11 is 0. The van der Waals surface area contributed by atoms with Gasteiger partial charge in [-0.3, -0.25) is 5.32 Å². The van der Waals surface area contributed by atoms with Crippen molar-refractivity contribution in [1.82, 2.24) is 4.98 Å². The average Bonchev–Trinajstić information content (AvgIpc) is 2.80. The molecule has 0 radical (unpaired) electrons. The van der Waals surface area contributed by atoms with E-state index in [4.69, 9.17) is 9.47 Å². The summed E-state index contributed by atoms with van der Waals surface area (Å²) in [6.45, 7) is 2.00. The fourth-order valence-electron chi connectivity index (χ4n) is 3.18. The second-order valence-electron chi connectivity index (χ2n) is 7.35. The van der Waals surface area contributed by atoms with Gasteiger partial charge in [-0.1, -0.05) is 12.1 Å². The molecular formula is C21H25FN4O8. The number of aliphatic carboxylic acids is 1. The highest BCUT2D eigenvalue weighted by Gasteiger charge is 2.47. The molecule has 2 heterocycles. The fraction of sp³-hybridized carbons (Fsp3) is 0.381. The second kappa shape index (κ2) is 11.1. The van der Waals surface area contributed by atoms with Crippen LogP contribution in [0.25, 0.3) is 0 Å². The lowest BCUT2D eigenvalue weighted by molar-refractivity contribution is -0.221. The number of carbonyl (C=O) groups is 2. The van der Waals surface area contributed by atoms with Crippen LogP contribution in [0.4, 0.5) is 26.5 Å². The lowest BCUT2D eigenvalue weighted by Gasteiger charge is -2.39. The predicted octanol–water partition coefficient (Wildman–Crippen LogP) is 0.705. The van der Waals surface area contributed by atoms with Crippen molar-refractivity contribution in [2.75, 3.05) is 22.6 Å². The molecule has 184 valence electrons. The number of rotatable bonds is 8. The fourth-order valence-corrected chi connectivity index (χ4v) is 3.18. The number of carboxylic acid groups (broad SMARTS) is 1. The first-order valence-electron chi connectivity index (χ1n) is 10.3. The van der Waals surface area contributed by atoms with Crippen LogP contribution in [-0.4, -0.2) is 74.7 Å². The average molecular weight is 480 g/mol. The Bertz CT molecular complexity index is 1010. The van der Waals surface area contributed by atoms with Crippen LogP contribution in [0.1, 0.15) is 12.5 Å². The Kier molecular flexibility index (Phi) is 8.17. The molecule has 0 aliphatic carbocycles. The molecule has 34 heavy (non-hydrogen) atoms. The third kappa shape index (κ3) is 6.08. The van der Waals surface area contributed by atoms with Gasteiger partial charge < -0.3 is 40.5 Å². The van der Waals surface area contributed by atoms with E-state index in [1.54, 1.807) is 19.1 Å². The van der Waals surface area contributed by atoms with Crippen LogP contribution in [0.2, 0.25) is 0 Å². The summed E-state index contributed by atoms with van der Waals surface area (Å²) < 4.78 is 23.2. The monoisotopic (exact) mass is 480 g/mol. The number of anilines is 3. The van der Waals surface area contributed by atoms with Gasteiger partial charge in [0.1, 0.15) is 29.9 Å². The van der Waals surface area contributed by atoms with Crippen LogP contribution < -0.4 is 16.0 Å². The molecular weight excluding hydrogens is 455 g/mol. The van der Waals surface area contributed by atoms with E-state index < -0.39 is 42.7 Å². The van der Waals surface area contributed by atoms with Crippen molar-refractivity contribution in [3.8, 4) is 0 Å². The standard InChI is InChI=1S/C21H25FN4O8/c1-2-33-21(32)24-12-7-8-13(23-9-10-3-5-11(22)6-4-10)25-18(12)26-19-16(29)14(27)15(28)17(34-19)20(30)31/h3-8,14-17,19,27-29H,2,9H2,1H3,(H,24,32)(H,30,31)(H2,23,25,26)/t14-,15-,16+,17-,19+/m0/s1. The van der Waals surface area contributed by atoms with Gasteiger partial charge in [0.15, 0.2) is 18.1 Å². The lowest BCUT2D eigenvalue weighted by Crippen LogP contribution is -2.61. The van der Waals surface area contributed by atoms with Crippen LogP contribution in [0.3, 0.4) is 0 Å². The molecule has 7 N–H and O–H groups in total. The van der Waals surface area contributed by atoms with Gasteiger partial charge in [-0.05, 0) is 36.8 Å². The van der Waals surface area contributed by atoms with E-state index >= 15 is 0 Å². The molecule has 3 rings (SSSR count). The first kappa shape index (κ1) is 25.1. The van der Waals surface area contributed by atoms with Crippen molar-refractivity contribution in [1.29, 1.82) is 0 Å². The second-order valence-corrected chi connectivity index (χ2v) is 7.35. The van der Waals surface area contributed by atoms with E-state index in [0.717, 1.165) is 5.56 Å². The number of hydrogen-bond acceptors (Lipinski definition) is 10. The molecule has 0 unspecified atom stereocenters. The molecule has 1 aliphatic rings.